The Balaban J connectivity index is 1.72. The number of aromatic nitrogens is 2. The van der Waals surface area contributed by atoms with Gasteiger partial charge in [0, 0.05) is 23.7 Å². The second-order valence-corrected chi connectivity index (χ2v) is 8.80. The number of allylic oxidation sites excluding steroid dienone is 1. The van der Waals surface area contributed by atoms with Crippen molar-refractivity contribution in [1.82, 2.24) is 14.5 Å². The van der Waals surface area contributed by atoms with Gasteiger partial charge < -0.3 is 15.4 Å². The molecule has 0 atom stereocenters. The van der Waals surface area contributed by atoms with Crippen LogP contribution in [-0.4, -0.2) is 28.1 Å². The Labute approximate surface area is 222 Å². The van der Waals surface area contributed by atoms with E-state index in [1.165, 1.54) is 37.5 Å². The van der Waals surface area contributed by atoms with Gasteiger partial charge in [0.15, 0.2) is 0 Å². The van der Waals surface area contributed by atoms with Gasteiger partial charge in [-0.3, -0.25) is 23.5 Å². The van der Waals surface area contributed by atoms with Crippen molar-refractivity contribution in [2.45, 2.75) is 19.6 Å². The number of hydrogen-bond donors (Lipinski definition) is 2. The van der Waals surface area contributed by atoms with E-state index in [1.807, 2.05) is 30.3 Å². The van der Waals surface area contributed by atoms with Gasteiger partial charge in [-0.1, -0.05) is 48.0 Å². The van der Waals surface area contributed by atoms with E-state index in [1.54, 1.807) is 12.1 Å². The first kappa shape index (κ1) is 26.4. The molecule has 2 N–H and O–H groups in total. The van der Waals surface area contributed by atoms with E-state index in [4.69, 9.17) is 16.3 Å². The first-order valence-electron chi connectivity index (χ1n) is 11.7. The molecular weight excluding hydrogens is 508 g/mol. The maximum atomic E-state index is 13.3. The Bertz CT molecular complexity index is 1640. The standard InChI is InChI=1S/C28H25ClN4O5/c1-3-13-32-27(36)21-11-9-19(26(35)30-16-18-7-5-4-6-8-18)14-23(21)33(28(32)37)17-25(34)31-22-15-20(29)10-12-24(22)38-2/h3-12,14-15H,1,13,16-17H2,2H3,(H,30,35)(H,31,34). The highest BCUT2D eigenvalue weighted by Crippen LogP contribution is 2.27. The second kappa shape index (κ2) is 11.6. The third-order valence-electron chi connectivity index (χ3n) is 5.83. The Morgan fingerprint density at radius 2 is 1.79 bits per heavy atom. The Hall–Kier alpha value is -4.63. The van der Waals surface area contributed by atoms with E-state index in [0.717, 1.165) is 14.7 Å². The minimum atomic E-state index is -0.711. The van der Waals surface area contributed by atoms with Gasteiger partial charge in [0.1, 0.15) is 12.3 Å². The normalized spacial score (nSPS) is 10.7. The number of amides is 2. The van der Waals surface area contributed by atoms with E-state index in [9.17, 15) is 19.2 Å². The zero-order valence-corrected chi connectivity index (χ0v) is 21.3. The lowest BCUT2D eigenvalue weighted by molar-refractivity contribution is -0.116. The molecule has 3 aromatic carbocycles. The molecule has 1 heterocycles. The third kappa shape index (κ3) is 5.68. The van der Waals surface area contributed by atoms with E-state index >= 15 is 0 Å². The second-order valence-electron chi connectivity index (χ2n) is 8.37. The predicted molar refractivity (Wildman–Crippen MR) is 147 cm³/mol. The van der Waals surface area contributed by atoms with Crippen molar-refractivity contribution in [3.8, 4) is 5.75 Å². The first-order valence-corrected chi connectivity index (χ1v) is 12.0. The molecular formula is C28H25ClN4O5. The number of rotatable bonds is 9. The first-order chi connectivity index (χ1) is 18.3. The predicted octanol–water partition coefficient (Wildman–Crippen LogP) is 3.58. The van der Waals surface area contributed by atoms with Crippen LogP contribution in [0.1, 0.15) is 15.9 Å². The Morgan fingerprint density at radius 1 is 1.03 bits per heavy atom. The van der Waals surface area contributed by atoms with Gasteiger partial charge in [-0.25, -0.2) is 4.79 Å². The highest BCUT2D eigenvalue weighted by Gasteiger charge is 2.18. The van der Waals surface area contributed by atoms with Crippen molar-refractivity contribution in [2.24, 2.45) is 0 Å². The number of methoxy groups -OCH3 is 1. The lowest BCUT2D eigenvalue weighted by Gasteiger charge is -2.15. The van der Waals surface area contributed by atoms with Crippen LogP contribution in [0.25, 0.3) is 10.9 Å². The lowest BCUT2D eigenvalue weighted by Crippen LogP contribution is -2.41. The summed E-state index contributed by atoms with van der Waals surface area (Å²) in [6, 6.07) is 18.5. The zero-order chi connectivity index (χ0) is 27.2. The van der Waals surface area contributed by atoms with Gasteiger partial charge in [-0.15, -0.1) is 6.58 Å². The van der Waals surface area contributed by atoms with Crippen molar-refractivity contribution in [3.63, 3.8) is 0 Å². The fourth-order valence-electron chi connectivity index (χ4n) is 3.99. The largest absolute Gasteiger partial charge is 0.495 e. The molecule has 0 spiro atoms. The van der Waals surface area contributed by atoms with Crippen LogP contribution in [0.2, 0.25) is 5.02 Å². The molecule has 194 valence electrons. The van der Waals surface area contributed by atoms with Crippen molar-refractivity contribution in [1.29, 1.82) is 0 Å². The van der Waals surface area contributed by atoms with Crippen LogP contribution in [0.3, 0.4) is 0 Å². The fraction of sp³-hybridized carbons (Fsp3) is 0.143. The molecule has 0 radical (unpaired) electrons. The van der Waals surface area contributed by atoms with Crippen LogP contribution in [-0.2, 0) is 24.4 Å². The Morgan fingerprint density at radius 3 is 2.50 bits per heavy atom. The fourth-order valence-corrected chi connectivity index (χ4v) is 4.16. The summed E-state index contributed by atoms with van der Waals surface area (Å²) >= 11 is 6.06. The summed E-state index contributed by atoms with van der Waals surface area (Å²) in [5.41, 5.74) is 0.369. The number of anilines is 1. The van der Waals surface area contributed by atoms with Crippen LogP contribution in [0.15, 0.2) is 89.0 Å². The molecule has 4 aromatic rings. The summed E-state index contributed by atoms with van der Waals surface area (Å²) in [4.78, 5) is 52.3. The number of fused-ring (bicyclic) bond motifs is 1. The van der Waals surface area contributed by atoms with Gasteiger partial charge in [-0.2, -0.15) is 0 Å². The smallest absolute Gasteiger partial charge is 0.332 e. The molecule has 4 rings (SSSR count). The molecule has 0 aliphatic rings. The van der Waals surface area contributed by atoms with Crippen LogP contribution in [0, 0.1) is 0 Å². The van der Waals surface area contributed by atoms with Crippen LogP contribution < -0.4 is 26.6 Å². The molecule has 0 unspecified atom stereocenters. The quantitative estimate of drug-likeness (QED) is 0.320. The van der Waals surface area contributed by atoms with E-state index in [-0.39, 0.29) is 23.0 Å². The summed E-state index contributed by atoms with van der Waals surface area (Å²) in [6.07, 6.45) is 1.42. The molecule has 0 bridgehead atoms. The topological polar surface area (TPSA) is 111 Å². The van der Waals surface area contributed by atoms with Crippen LogP contribution in [0.5, 0.6) is 5.75 Å². The molecule has 2 amide bonds. The zero-order valence-electron chi connectivity index (χ0n) is 20.6. The third-order valence-corrected chi connectivity index (χ3v) is 6.07. The number of nitrogens with one attached hydrogen (secondary N) is 2. The maximum absolute atomic E-state index is 13.3. The Kier molecular flexibility index (Phi) is 8.08. The summed E-state index contributed by atoms with van der Waals surface area (Å²) in [6.45, 7) is 3.43. The minimum Gasteiger partial charge on any atom is -0.495 e. The van der Waals surface area contributed by atoms with Crippen LogP contribution in [0.4, 0.5) is 5.69 Å². The molecule has 0 aliphatic heterocycles. The van der Waals surface area contributed by atoms with Crippen molar-refractivity contribution in [2.75, 3.05) is 12.4 Å². The minimum absolute atomic E-state index is 0.0450. The number of benzene rings is 3. The van der Waals surface area contributed by atoms with Crippen molar-refractivity contribution >= 4 is 40.0 Å². The highest BCUT2D eigenvalue weighted by molar-refractivity contribution is 6.31. The van der Waals surface area contributed by atoms with Crippen LogP contribution >= 0.6 is 11.6 Å². The van der Waals surface area contributed by atoms with Crippen molar-refractivity contribution < 1.29 is 14.3 Å². The average Bonchev–Trinajstić information content (AvgIpc) is 2.92. The van der Waals surface area contributed by atoms with Crippen molar-refractivity contribution in [3.05, 3.63) is 116 Å². The maximum Gasteiger partial charge on any atom is 0.332 e. The van der Waals surface area contributed by atoms with E-state index < -0.39 is 29.6 Å². The number of nitrogens with zero attached hydrogens (tertiary/aromatic N) is 2. The number of carbonyl (C=O) groups excluding carboxylic acids is 2. The molecule has 0 fully saturated rings. The molecule has 0 saturated heterocycles. The summed E-state index contributed by atoms with van der Waals surface area (Å²) < 4.78 is 7.40. The molecule has 0 aliphatic carbocycles. The number of carbonyl (C=O) groups is 2. The van der Waals surface area contributed by atoms with E-state index in [2.05, 4.69) is 17.2 Å². The van der Waals surface area contributed by atoms with Gasteiger partial charge >= 0.3 is 5.69 Å². The number of ether oxygens (including phenoxy) is 1. The summed E-state index contributed by atoms with van der Waals surface area (Å²) in [5.74, 6) is -0.566. The SMILES string of the molecule is C=CCn1c(=O)c2ccc(C(=O)NCc3ccccc3)cc2n(CC(=O)Nc2cc(Cl)ccc2OC)c1=O. The van der Waals surface area contributed by atoms with Gasteiger partial charge in [0.05, 0.1) is 23.7 Å². The summed E-state index contributed by atoms with van der Waals surface area (Å²) in [7, 11) is 1.45. The molecule has 9 nitrogen and oxygen atoms in total. The van der Waals surface area contributed by atoms with Gasteiger partial charge in [-0.05, 0) is 42.0 Å². The lowest BCUT2D eigenvalue weighted by atomic mass is 10.1. The van der Waals surface area contributed by atoms with E-state index in [0.29, 0.717) is 23.0 Å². The molecule has 10 heteroatoms. The highest BCUT2D eigenvalue weighted by atomic mass is 35.5. The van der Waals surface area contributed by atoms with Gasteiger partial charge in [0.25, 0.3) is 11.5 Å². The van der Waals surface area contributed by atoms with Gasteiger partial charge in [0.2, 0.25) is 5.91 Å². The monoisotopic (exact) mass is 532 g/mol. The number of halogens is 1. The molecule has 38 heavy (non-hydrogen) atoms. The molecule has 0 saturated carbocycles. The average molecular weight is 533 g/mol. The number of hydrogen-bond acceptors (Lipinski definition) is 5. The summed E-state index contributed by atoms with van der Waals surface area (Å²) in [5, 5.41) is 6.08. The molecule has 1 aromatic heterocycles.